The minimum Gasteiger partial charge on any atom is -0.462 e. The molecule has 1 saturated carbocycles. The highest BCUT2D eigenvalue weighted by Crippen LogP contribution is 2.59. The van der Waals surface area contributed by atoms with Crippen LogP contribution in [-0.2, 0) is 16.0 Å². The second-order valence-corrected chi connectivity index (χ2v) is 14.2. The van der Waals surface area contributed by atoms with E-state index in [1.807, 2.05) is 23.1 Å². The molecule has 3 aliphatic carbocycles. The Morgan fingerprint density at radius 3 is 2.86 bits per heavy atom. The summed E-state index contributed by atoms with van der Waals surface area (Å²) in [5, 5.41) is 0.432. The van der Waals surface area contributed by atoms with E-state index < -0.39 is 12.0 Å². The number of ether oxygens (including phenoxy) is 1. The van der Waals surface area contributed by atoms with Gasteiger partial charge in [0.05, 0.1) is 23.5 Å². The number of hydrogen-bond donors (Lipinski definition) is 0. The van der Waals surface area contributed by atoms with Gasteiger partial charge in [0.1, 0.15) is 24.3 Å². The molecule has 0 spiro atoms. The predicted octanol–water partition coefficient (Wildman–Crippen LogP) is 5.03. The number of nitrogens with zero attached hydrogens (tertiary/aromatic N) is 5. The van der Waals surface area contributed by atoms with Crippen molar-refractivity contribution in [1.82, 2.24) is 14.7 Å². The molecule has 5 fully saturated rings. The smallest absolute Gasteiger partial charge is 0.314 e. The summed E-state index contributed by atoms with van der Waals surface area (Å²) in [6.07, 6.45) is 11.0. The third-order valence-electron chi connectivity index (χ3n) is 11.7. The molecule has 0 radical (unpaired) electrons. The van der Waals surface area contributed by atoms with Crippen molar-refractivity contribution in [3.63, 3.8) is 0 Å². The van der Waals surface area contributed by atoms with Gasteiger partial charge in [-0.15, -0.1) is 0 Å². The van der Waals surface area contributed by atoms with Crippen LogP contribution in [0.5, 0.6) is 0 Å². The molecule has 1 amide bonds. The van der Waals surface area contributed by atoms with Gasteiger partial charge in [0.15, 0.2) is 0 Å². The number of carbonyl (C=O) groups is 1. The Kier molecular flexibility index (Phi) is 5.85. The molecule has 5 aliphatic heterocycles. The largest absolute Gasteiger partial charge is 0.462 e. The predicted molar refractivity (Wildman–Crippen MR) is 165 cm³/mol. The zero-order valence-corrected chi connectivity index (χ0v) is 25.1. The maximum atomic E-state index is 16.9. The molecule has 6 atom stereocenters. The molecule has 0 aromatic heterocycles. The summed E-state index contributed by atoms with van der Waals surface area (Å²) in [7, 11) is 0. The van der Waals surface area contributed by atoms with Crippen LogP contribution in [0.1, 0.15) is 61.1 Å². The van der Waals surface area contributed by atoms with Gasteiger partial charge in [-0.3, -0.25) is 9.69 Å². The third-order valence-corrected chi connectivity index (χ3v) is 12.0. The van der Waals surface area contributed by atoms with Crippen LogP contribution in [0.3, 0.4) is 0 Å². The minimum absolute atomic E-state index is 0.0363. The van der Waals surface area contributed by atoms with Crippen LogP contribution in [0.25, 0.3) is 5.57 Å². The van der Waals surface area contributed by atoms with E-state index in [2.05, 4.69) is 22.4 Å². The lowest BCUT2D eigenvalue weighted by Crippen LogP contribution is -2.66. The first-order valence-electron chi connectivity index (χ1n) is 16.1. The van der Waals surface area contributed by atoms with Gasteiger partial charge >= 0.3 is 6.02 Å². The molecule has 7 nitrogen and oxygen atoms in total. The van der Waals surface area contributed by atoms with E-state index in [9.17, 15) is 4.79 Å². The molecule has 0 N–H and O–H groups in total. The second kappa shape index (κ2) is 9.51. The van der Waals surface area contributed by atoms with Crippen molar-refractivity contribution in [1.29, 1.82) is 0 Å². The summed E-state index contributed by atoms with van der Waals surface area (Å²) >= 11 is 7.01. The van der Waals surface area contributed by atoms with Crippen LogP contribution in [0.15, 0.2) is 57.8 Å². The highest BCUT2D eigenvalue weighted by atomic mass is 35.5. The molecule has 4 saturated heterocycles. The van der Waals surface area contributed by atoms with Gasteiger partial charge in [0.2, 0.25) is 5.91 Å². The third kappa shape index (κ3) is 3.84. The molecule has 8 aliphatic rings. The van der Waals surface area contributed by atoms with Crippen molar-refractivity contribution in [2.75, 3.05) is 32.8 Å². The molecule has 9 rings (SSSR count). The van der Waals surface area contributed by atoms with Gasteiger partial charge in [-0.1, -0.05) is 42.5 Å². The maximum Gasteiger partial charge on any atom is 0.314 e. The number of carbonyl (C=O) groups excluding carboxylic acids is 1. The average molecular weight is 602 g/mol. The number of hydrogen-bond acceptors (Lipinski definition) is 6. The summed E-state index contributed by atoms with van der Waals surface area (Å²) in [5.41, 5.74) is 4.05. The number of fused-ring (bicyclic) bond motifs is 6. The molecule has 0 bridgehead atoms. The summed E-state index contributed by atoms with van der Waals surface area (Å²) in [6, 6.07) is 5.97. The highest BCUT2D eigenvalue weighted by Gasteiger charge is 2.53. The number of amidine groups is 2. The van der Waals surface area contributed by atoms with E-state index in [4.69, 9.17) is 26.3 Å². The average Bonchev–Trinajstić information content (AvgIpc) is 3.29. The Labute approximate surface area is 256 Å². The van der Waals surface area contributed by atoms with Crippen molar-refractivity contribution in [3.8, 4) is 0 Å². The second-order valence-electron chi connectivity index (χ2n) is 13.8. The van der Waals surface area contributed by atoms with Crippen LogP contribution >= 0.6 is 11.6 Å². The van der Waals surface area contributed by atoms with Crippen molar-refractivity contribution < 1.29 is 13.9 Å². The molecule has 9 heteroatoms. The van der Waals surface area contributed by atoms with E-state index >= 15 is 4.39 Å². The van der Waals surface area contributed by atoms with Crippen LogP contribution in [0.2, 0.25) is 0 Å². The first kappa shape index (κ1) is 26.4. The van der Waals surface area contributed by atoms with Crippen molar-refractivity contribution in [2.24, 2.45) is 21.8 Å². The number of rotatable bonds is 4. The highest BCUT2D eigenvalue weighted by molar-refractivity contribution is 6.37. The van der Waals surface area contributed by atoms with Crippen LogP contribution in [-0.4, -0.2) is 88.9 Å². The fourth-order valence-corrected chi connectivity index (χ4v) is 9.83. The Hall–Kier alpha value is -2.97. The summed E-state index contributed by atoms with van der Waals surface area (Å²) in [5.74, 6) is 1.20. The number of halogens is 2. The van der Waals surface area contributed by atoms with Gasteiger partial charge in [-0.2, -0.15) is 4.99 Å². The van der Waals surface area contributed by atoms with Crippen molar-refractivity contribution in [3.05, 3.63) is 64.5 Å². The van der Waals surface area contributed by atoms with Gasteiger partial charge in [0, 0.05) is 23.7 Å². The number of amides is 1. The van der Waals surface area contributed by atoms with Gasteiger partial charge < -0.3 is 14.5 Å². The quantitative estimate of drug-likeness (QED) is 0.454. The van der Waals surface area contributed by atoms with Gasteiger partial charge in [0.25, 0.3) is 0 Å². The van der Waals surface area contributed by atoms with E-state index in [1.165, 1.54) is 36.5 Å². The number of aliphatic imine (C=N–C) groups is 2. The fraction of sp³-hybridized carbons (Fsp3) is 0.559. The molecular formula is C34H37ClFN5O2. The van der Waals surface area contributed by atoms with Crippen molar-refractivity contribution >= 4 is 34.9 Å². The standard InChI is InChI=1S/C34H37ClFN5O2/c1-2-27(42)40-13-8-25-26(40)17-41(25)32-23-16-24(35)29(21-7-3-6-19-14-20-15-22(20)28(19)21)30(36)31(23)37-33(38-32)43-18-34-9-4-11-39(34)12-5-10-34/h2-3,6-7,16,20,22-23,25-26,31H,1,4-5,8-15,17-18H2/t20?,22?,23?,25-,26-,31?/m1/s1. The Morgan fingerprint density at radius 1 is 1.21 bits per heavy atom. The summed E-state index contributed by atoms with van der Waals surface area (Å²) < 4.78 is 23.4. The van der Waals surface area contributed by atoms with Gasteiger partial charge in [-0.25, -0.2) is 9.38 Å². The number of likely N-dealkylation sites (tertiary alicyclic amines) is 2. The van der Waals surface area contributed by atoms with E-state index in [0.29, 0.717) is 42.1 Å². The Bertz CT molecular complexity index is 1560. The monoisotopic (exact) mass is 601 g/mol. The lowest BCUT2D eigenvalue weighted by atomic mass is 9.82. The fourth-order valence-electron chi connectivity index (χ4n) is 9.50. The minimum atomic E-state index is -0.778. The van der Waals surface area contributed by atoms with Crippen molar-refractivity contribution in [2.45, 2.75) is 74.5 Å². The molecule has 224 valence electrons. The van der Waals surface area contributed by atoms with Gasteiger partial charge in [-0.05, 0) is 92.6 Å². The molecule has 1 aromatic rings. The number of benzene rings is 1. The first-order valence-corrected chi connectivity index (χ1v) is 16.5. The number of allylic oxidation sites excluding steroid dienone is 2. The first-order chi connectivity index (χ1) is 21.0. The van der Waals surface area contributed by atoms with Crippen LogP contribution in [0.4, 0.5) is 4.39 Å². The Morgan fingerprint density at radius 2 is 2.05 bits per heavy atom. The summed E-state index contributed by atoms with van der Waals surface area (Å²) in [6.45, 7) is 7.76. The molecule has 5 heterocycles. The van der Waals surface area contributed by atoms with E-state index in [0.717, 1.165) is 50.2 Å². The molecule has 43 heavy (non-hydrogen) atoms. The molecule has 1 aromatic carbocycles. The zero-order valence-electron chi connectivity index (χ0n) is 24.4. The molecule has 4 unspecified atom stereocenters. The van der Waals surface area contributed by atoms with Crippen LogP contribution < -0.4 is 0 Å². The zero-order chi connectivity index (χ0) is 29.0. The van der Waals surface area contributed by atoms with Crippen LogP contribution in [0, 0.1) is 11.8 Å². The normalized spacial score (nSPS) is 34.8. The lowest BCUT2D eigenvalue weighted by Gasteiger charge is -2.50. The Balaban J connectivity index is 1.07. The summed E-state index contributed by atoms with van der Waals surface area (Å²) in [4.78, 5) is 29.0. The van der Waals surface area contributed by atoms with E-state index in [-0.39, 0.29) is 35.4 Å². The maximum absolute atomic E-state index is 16.9. The SMILES string of the molecule is C=CC(=O)N1CC[C@@H]2[C@H]1CN2C1=NC(OCC23CCCN2CCC3)=NC2C(F)=C(c3cccc4c3C3CC3C4)C(Cl)=CC12. The van der Waals surface area contributed by atoms with E-state index in [1.54, 1.807) is 0 Å². The molecular weight excluding hydrogens is 565 g/mol. The lowest BCUT2D eigenvalue weighted by molar-refractivity contribution is -0.129. The topological polar surface area (TPSA) is 60.7 Å².